The first-order valence-corrected chi connectivity index (χ1v) is 17.1. The molecule has 1 atom stereocenters. The van der Waals surface area contributed by atoms with E-state index < -0.39 is 6.29 Å². The van der Waals surface area contributed by atoms with Gasteiger partial charge in [-0.15, -0.1) is 0 Å². The molecule has 10 rings (SSSR count). The molecule has 0 fully saturated rings. The van der Waals surface area contributed by atoms with Crippen molar-refractivity contribution < 1.29 is 0 Å². The van der Waals surface area contributed by atoms with Crippen molar-refractivity contribution in [1.82, 2.24) is 9.88 Å². The Morgan fingerprint density at radius 3 is 1.82 bits per heavy atom. The normalized spacial score (nSPS) is 15.0. The molecule has 0 bridgehead atoms. The molecule has 3 heterocycles. The van der Waals surface area contributed by atoms with E-state index in [1.165, 1.54) is 38.5 Å². The molecule has 0 aliphatic carbocycles. The highest BCUT2D eigenvalue weighted by molar-refractivity contribution is 6.15. The molecule has 0 amide bonds. The molecular formula is C46H32N4. The molecule has 0 radical (unpaired) electrons. The van der Waals surface area contributed by atoms with Gasteiger partial charge >= 0.3 is 0 Å². The third-order valence-electron chi connectivity index (χ3n) is 9.96. The number of aliphatic imine (C=N–C) groups is 1. The van der Waals surface area contributed by atoms with E-state index in [0.29, 0.717) is 0 Å². The second kappa shape index (κ2) is 11.5. The Morgan fingerprint density at radius 1 is 0.460 bits per heavy atom. The van der Waals surface area contributed by atoms with Gasteiger partial charge in [-0.2, -0.15) is 0 Å². The summed E-state index contributed by atoms with van der Waals surface area (Å²) in [4.78, 5) is 7.92. The van der Waals surface area contributed by atoms with Gasteiger partial charge in [0, 0.05) is 33.3 Å². The molecule has 1 aromatic heterocycles. The van der Waals surface area contributed by atoms with Crippen molar-refractivity contribution in [1.29, 1.82) is 0 Å². The first-order chi connectivity index (χ1) is 24.8. The minimum Gasteiger partial charge on any atom is -0.346 e. The molecule has 2 aliphatic heterocycles. The van der Waals surface area contributed by atoms with Crippen LogP contribution >= 0.6 is 0 Å². The topological polar surface area (TPSA) is 32.6 Å². The molecular weight excluding hydrogens is 609 g/mol. The van der Waals surface area contributed by atoms with Crippen LogP contribution in [-0.4, -0.2) is 16.6 Å². The number of nitrogens with one attached hydrogen (secondary N) is 1. The van der Waals surface area contributed by atoms with Crippen molar-refractivity contribution in [3.63, 3.8) is 0 Å². The van der Waals surface area contributed by atoms with E-state index in [9.17, 15) is 0 Å². The summed E-state index contributed by atoms with van der Waals surface area (Å²) in [5, 5.41) is 6.34. The van der Waals surface area contributed by atoms with E-state index in [-0.39, 0.29) is 0 Å². The molecule has 7 aromatic carbocycles. The molecule has 4 nitrogen and oxygen atoms in total. The number of para-hydroxylation sites is 3. The predicted molar refractivity (Wildman–Crippen MR) is 208 cm³/mol. The summed E-state index contributed by atoms with van der Waals surface area (Å²) >= 11 is 0. The zero-order chi connectivity index (χ0) is 33.0. The molecule has 236 valence electrons. The quantitative estimate of drug-likeness (QED) is 0.208. The smallest absolute Gasteiger partial charge is 0.201 e. The summed E-state index contributed by atoms with van der Waals surface area (Å²) in [5.41, 5.74) is 14.6. The van der Waals surface area contributed by atoms with E-state index in [1.54, 1.807) is 0 Å². The Labute approximate surface area is 290 Å². The maximum absolute atomic E-state index is 5.51. The summed E-state index contributed by atoms with van der Waals surface area (Å²) in [6, 6.07) is 62.8. The summed E-state index contributed by atoms with van der Waals surface area (Å²) in [6.45, 7) is 0. The van der Waals surface area contributed by atoms with Crippen molar-refractivity contribution in [2.45, 2.75) is 6.29 Å². The van der Waals surface area contributed by atoms with Crippen LogP contribution in [0.5, 0.6) is 0 Å². The molecule has 50 heavy (non-hydrogen) atoms. The summed E-state index contributed by atoms with van der Waals surface area (Å²) in [6.07, 6.45) is 1.74. The van der Waals surface area contributed by atoms with Gasteiger partial charge in [-0.05, 0) is 64.7 Å². The molecule has 1 unspecified atom stereocenters. The highest BCUT2D eigenvalue weighted by Crippen LogP contribution is 2.51. The van der Waals surface area contributed by atoms with Crippen LogP contribution in [0.1, 0.15) is 11.1 Å². The third kappa shape index (κ3) is 4.50. The number of rotatable bonds is 4. The average Bonchev–Trinajstić information content (AvgIpc) is 3.46. The van der Waals surface area contributed by atoms with E-state index in [0.717, 1.165) is 45.1 Å². The van der Waals surface area contributed by atoms with Crippen molar-refractivity contribution in [2.24, 2.45) is 4.99 Å². The van der Waals surface area contributed by atoms with Gasteiger partial charge in [0.2, 0.25) is 6.29 Å². The van der Waals surface area contributed by atoms with Crippen molar-refractivity contribution in [2.75, 3.05) is 4.90 Å². The fraction of sp³-hybridized carbons (Fsp3) is 0.0217. The van der Waals surface area contributed by atoms with Crippen LogP contribution in [0.2, 0.25) is 0 Å². The predicted octanol–water partition coefficient (Wildman–Crippen LogP) is 11.0. The monoisotopic (exact) mass is 640 g/mol. The Hall–Kier alpha value is -6.65. The van der Waals surface area contributed by atoms with Crippen LogP contribution in [0.25, 0.3) is 55.4 Å². The van der Waals surface area contributed by atoms with Crippen molar-refractivity contribution >= 4 is 44.6 Å². The first-order valence-electron chi connectivity index (χ1n) is 17.1. The van der Waals surface area contributed by atoms with Gasteiger partial charge in [-0.3, -0.25) is 0 Å². The lowest BCUT2D eigenvalue weighted by Gasteiger charge is -2.36. The van der Waals surface area contributed by atoms with Crippen LogP contribution in [0.15, 0.2) is 187 Å². The van der Waals surface area contributed by atoms with Gasteiger partial charge in [-0.1, -0.05) is 140 Å². The molecule has 8 aromatic rings. The van der Waals surface area contributed by atoms with E-state index in [1.807, 2.05) is 0 Å². The summed E-state index contributed by atoms with van der Waals surface area (Å²) < 4.78 is 2.40. The molecule has 0 spiro atoms. The van der Waals surface area contributed by atoms with E-state index in [2.05, 4.69) is 197 Å². The molecule has 2 aliphatic rings. The van der Waals surface area contributed by atoms with E-state index >= 15 is 0 Å². The number of hydrogen-bond donors (Lipinski definition) is 1. The highest BCUT2D eigenvalue weighted by Gasteiger charge is 2.33. The Morgan fingerprint density at radius 2 is 1.06 bits per heavy atom. The third-order valence-corrected chi connectivity index (χ3v) is 9.96. The molecule has 0 saturated heterocycles. The second-order valence-electron chi connectivity index (χ2n) is 12.8. The second-order valence-corrected chi connectivity index (χ2v) is 12.8. The Bertz CT molecular complexity index is 2620. The van der Waals surface area contributed by atoms with Gasteiger partial charge in [0.1, 0.15) is 0 Å². The van der Waals surface area contributed by atoms with Crippen LogP contribution in [-0.2, 0) is 0 Å². The van der Waals surface area contributed by atoms with Crippen molar-refractivity contribution in [3.05, 3.63) is 193 Å². The van der Waals surface area contributed by atoms with Gasteiger partial charge in [0.15, 0.2) is 0 Å². The lowest BCUT2D eigenvalue weighted by atomic mass is 9.94. The fourth-order valence-corrected chi connectivity index (χ4v) is 7.72. The van der Waals surface area contributed by atoms with Crippen LogP contribution in [0.3, 0.4) is 0 Å². The lowest BCUT2D eigenvalue weighted by Crippen LogP contribution is -2.44. The van der Waals surface area contributed by atoms with E-state index in [4.69, 9.17) is 4.99 Å². The standard InChI is InChI=1S/C46H32N4/c1-4-16-31(17-5-1)40-29-41(32-18-6-2-7-19-32)48-46(47-40)50-43-27-15-12-24-36(43)34-22-10-11-23-35(34)38-28-39-37-25-13-14-26-42(37)49(44(39)30-45(38)50)33-20-8-3-9-21-33/h1-30,46-47H. The Balaban J connectivity index is 1.29. The number of benzene rings is 7. The first kappa shape index (κ1) is 28.4. The fourth-order valence-electron chi connectivity index (χ4n) is 7.72. The average molecular weight is 641 g/mol. The van der Waals surface area contributed by atoms with Gasteiger partial charge < -0.3 is 14.8 Å². The van der Waals surface area contributed by atoms with Crippen LogP contribution in [0.4, 0.5) is 11.4 Å². The number of allylic oxidation sites excluding steroid dienone is 1. The Kier molecular flexibility index (Phi) is 6.53. The highest BCUT2D eigenvalue weighted by atomic mass is 15.4. The van der Waals surface area contributed by atoms with Gasteiger partial charge in [-0.25, -0.2) is 4.99 Å². The number of aromatic nitrogens is 1. The van der Waals surface area contributed by atoms with Crippen molar-refractivity contribution in [3.8, 4) is 27.9 Å². The van der Waals surface area contributed by atoms with Gasteiger partial charge in [0.05, 0.1) is 28.1 Å². The lowest BCUT2D eigenvalue weighted by molar-refractivity contribution is 0.629. The SMILES string of the molecule is C1=C(c2ccccc2)NC(N2c3ccccc3-c3ccccc3-c3cc4c5ccccc5n(-c5ccccc5)c4cc32)N=C1c1ccccc1. The maximum Gasteiger partial charge on any atom is 0.201 e. The van der Waals surface area contributed by atoms with Gasteiger partial charge in [0.25, 0.3) is 0 Å². The number of nitrogens with zero attached hydrogens (tertiary/aromatic N) is 3. The van der Waals surface area contributed by atoms with Crippen LogP contribution in [0, 0.1) is 0 Å². The maximum atomic E-state index is 5.51. The minimum absolute atomic E-state index is 0.438. The molecule has 0 saturated carbocycles. The number of fused-ring (bicyclic) bond motifs is 8. The minimum atomic E-state index is -0.438. The summed E-state index contributed by atoms with van der Waals surface area (Å²) in [7, 11) is 0. The number of hydrogen-bond acceptors (Lipinski definition) is 3. The number of anilines is 2. The summed E-state index contributed by atoms with van der Waals surface area (Å²) in [5.74, 6) is 0. The molecule has 4 heteroatoms. The largest absolute Gasteiger partial charge is 0.346 e. The molecule has 1 N–H and O–H groups in total. The zero-order valence-corrected chi connectivity index (χ0v) is 27.2. The zero-order valence-electron chi connectivity index (χ0n) is 27.2. The van der Waals surface area contributed by atoms with Crippen LogP contribution < -0.4 is 10.2 Å².